The summed E-state index contributed by atoms with van der Waals surface area (Å²) in [6, 6.07) is 15.6. The lowest BCUT2D eigenvalue weighted by atomic mass is 9.94. The minimum Gasteiger partial charge on any atom is -0.506 e. The maximum absolute atomic E-state index is 13.5. The van der Waals surface area contributed by atoms with Gasteiger partial charge in [0.1, 0.15) is 22.8 Å². The molecule has 37 heavy (non-hydrogen) atoms. The van der Waals surface area contributed by atoms with Crippen molar-refractivity contribution in [1.29, 1.82) is 0 Å². The molecule has 1 aliphatic rings. The number of nitrogens with zero attached hydrogens (tertiary/aromatic N) is 3. The number of methoxy groups -OCH3 is 2. The third-order valence-electron chi connectivity index (χ3n) is 6.64. The van der Waals surface area contributed by atoms with Gasteiger partial charge < -0.3 is 24.4 Å². The number of pyridine rings is 1. The van der Waals surface area contributed by atoms with E-state index in [0.29, 0.717) is 17.1 Å². The van der Waals surface area contributed by atoms with Crippen LogP contribution in [0.3, 0.4) is 0 Å². The van der Waals surface area contributed by atoms with Crippen molar-refractivity contribution in [3.63, 3.8) is 0 Å². The number of rotatable bonds is 9. The van der Waals surface area contributed by atoms with Gasteiger partial charge in [0.05, 0.1) is 25.8 Å². The fraction of sp³-hybridized carbons (Fsp3) is 0.276. The second-order valence-electron chi connectivity index (χ2n) is 8.58. The maximum Gasteiger partial charge on any atom is 0.295 e. The fourth-order valence-corrected chi connectivity index (χ4v) is 4.75. The zero-order valence-electron chi connectivity index (χ0n) is 21.5. The Bertz CT molecular complexity index is 1280. The average Bonchev–Trinajstić information content (AvgIpc) is 3.18. The molecule has 1 atom stereocenters. The van der Waals surface area contributed by atoms with Gasteiger partial charge in [0.2, 0.25) is 0 Å². The second kappa shape index (κ2) is 11.2. The summed E-state index contributed by atoms with van der Waals surface area (Å²) in [5.41, 5.74) is 2.76. The van der Waals surface area contributed by atoms with Crippen molar-refractivity contribution in [3.8, 4) is 11.5 Å². The zero-order chi connectivity index (χ0) is 26.5. The van der Waals surface area contributed by atoms with Gasteiger partial charge in [-0.3, -0.25) is 14.6 Å². The van der Waals surface area contributed by atoms with Crippen molar-refractivity contribution in [2.45, 2.75) is 26.4 Å². The number of Topliss-reactive ketones (excluding diaryl/α,β-unsaturated/α-hetero) is 1. The molecule has 0 aliphatic carbocycles. The van der Waals surface area contributed by atoms with Gasteiger partial charge in [-0.15, -0.1) is 0 Å². The van der Waals surface area contributed by atoms with E-state index in [1.807, 2.05) is 24.3 Å². The first-order valence-electron chi connectivity index (χ1n) is 12.2. The maximum atomic E-state index is 13.5. The standard InChI is InChI=1S/C29H31N3O5/c1-5-31(6-2)21-12-10-20(11-13-21)26-25(27(33)24-22(36-3)8-7-9-23(24)37-4)28(34)29(35)32(26)18-19-14-16-30-17-15-19/h7-17,26,33H,5-6,18H2,1-4H3/b27-25+. The van der Waals surface area contributed by atoms with Crippen molar-refractivity contribution in [3.05, 3.63) is 89.3 Å². The average molecular weight is 502 g/mol. The Labute approximate surface area is 216 Å². The van der Waals surface area contributed by atoms with Crippen molar-refractivity contribution in [2.24, 2.45) is 0 Å². The molecule has 3 aromatic rings. The fourth-order valence-electron chi connectivity index (χ4n) is 4.75. The number of aliphatic hydroxyl groups is 1. The molecule has 8 nitrogen and oxygen atoms in total. The van der Waals surface area contributed by atoms with E-state index < -0.39 is 17.7 Å². The van der Waals surface area contributed by atoms with Crippen LogP contribution >= 0.6 is 0 Å². The van der Waals surface area contributed by atoms with E-state index in [2.05, 4.69) is 23.7 Å². The molecule has 0 spiro atoms. The predicted molar refractivity (Wildman–Crippen MR) is 142 cm³/mol. The number of benzene rings is 2. The number of hydrogen-bond acceptors (Lipinski definition) is 7. The van der Waals surface area contributed by atoms with Crippen molar-refractivity contribution in [2.75, 3.05) is 32.2 Å². The minimum atomic E-state index is -0.812. The molecule has 1 amide bonds. The number of anilines is 1. The van der Waals surface area contributed by atoms with Crippen LogP contribution in [0.4, 0.5) is 5.69 Å². The molecule has 1 saturated heterocycles. The van der Waals surface area contributed by atoms with E-state index in [1.165, 1.54) is 19.1 Å². The number of ketones is 1. The molecule has 4 rings (SSSR count). The van der Waals surface area contributed by atoms with Crippen molar-refractivity contribution < 1.29 is 24.2 Å². The van der Waals surface area contributed by atoms with E-state index in [0.717, 1.165) is 24.3 Å². The number of likely N-dealkylation sites (tertiary alicyclic amines) is 1. The Kier molecular flexibility index (Phi) is 7.77. The van der Waals surface area contributed by atoms with Crippen LogP contribution in [0.5, 0.6) is 11.5 Å². The quantitative estimate of drug-likeness (QED) is 0.261. The summed E-state index contributed by atoms with van der Waals surface area (Å²) in [5.74, 6) is -1.15. The third kappa shape index (κ3) is 4.87. The van der Waals surface area contributed by atoms with Gasteiger partial charge in [-0.25, -0.2) is 0 Å². The van der Waals surface area contributed by atoms with Gasteiger partial charge in [-0.2, -0.15) is 0 Å². The Balaban J connectivity index is 1.90. The second-order valence-corrected chi connectivity index (χ2v) is 8.58. The summed E-state index contributed by atoms with van der Waals surface area (Å²) < 4.78 is 10.9. The van der Waals surface area contributed by atoms with E-state index in [9.17, 15) is 14.7 Å². The monoisotopic (exact) mass is 501 g/mol. The topological polar surface area (TPSA) is 92.2 Å². The first-order chi connectivity index (χ1) is 17.9. The Morgan fingerprint density at radius 2 is 1.54 bits per heavy atom. The van der Waals surface area contributed by atoms with Crippen molar-refractivity contribution >= 4 is 23.1 Å². The summed E-state index contributed by atoms with van der Waals surface area (Å²) in [5, 5.41) is 11.6. The minimum absolute atomic E-state index is 0.0163. The van der Waals surface area contributed by atoms with E-state index in [1.54, 1.807) is 42.7 Å². The molecule has 0 saturated carbocycles. The highest BCUT2D eigenvalue weighted by Gasteiger charge is 2.46. The molecule has 1 unspecified atom stereocenters. The van der Waals surface area contributed by atoms with Crippen LogP contribution in [0.2, 0.25) is 0 Å². The molecule has 0 bridgehead atoms. The lowest BCUT2D eigenvalue weighted by Gasteiger charge is -2.27. The Morgan fingerprint density at radius 1 is 0.946 bits per heavy atom. The van der Waals surface area contributed by atoms with Crippen LogP contribution in [-0.2, 0) is 16.1 Å². The molecular weight excluding hydrogens is 470 g/mol. The van der Waals surface area contributed by atoms with E-state index in [4.69, 9.17) is 9.47 Å². The van der Waals surface area contributed by atoms with Crippen LogP contribution < -0.4 is 14.4 Å². The molecule has 2 aromatic carbocycles. The number of hydrogen-bond donors (Lipinski definition) is 1. The zero-order valence-corrected chi connectivity index (χ0v) is 21.5. The first-order valence-corrected chi connectivity index (χ1v) is 12.2. The molecule has 1 aliphatic heterocycles. The largest absolute Gasteiger partial charge is 0.506 e. The van der Waals surface area contributed by atoms with Crippen molar-refractivity contribution in [1.82, 2.24) is 9.88 Å². The summed E-state index contributed by atoms with van der Waals surface area (Å²) >= 11 is 0. The first kappa shape index (κ1) is 25.8. The number of carbonyl (C=O) groups is 2. The Morgan fingerprint density at radius 3 is 2.08 bits per heavy atom. The smallest absolute Gasteiger partial charge is 0.295 e. The predicted octanol–water partition coefficient (Wildman–Crippen LogP) is 4.57. The summed E-state index contributed by atoms with van der Waals surface area (Å²) in [6.07, 6.45) is 3.28. The normalized spacial score (nSPS) is 16.6. The van der Waals surface area contributed by atoms with Crippen LogP contribution in [0.1, 0.15) is 36.6 Å². The summed E-state index contributed by atoms with van der Waals surface area (Å²) in [7, 11) is 2.94. The van der Waals surface area contributed by atoms with Gasteiger partial charge >= 0.3 is 0 Å². The highest BCUT2D eigenvalue weighted by molar-refractivity contribution is 6.46. The molecular formula is C29H31N3O5. The Hall–Kier alpha value is -4.33. The van der Waals surface area contributed by atoms with Gasteiger partial charge in [0, 0.05) is 37.7 Å². The van der Waals surface area contributed by atoms with E-state index in [-0.39, 0.29) is 23.4 Å². The van der Waals surface area contributed by atoms with Crippen LogP contribution in [0.15, 0.2) is 72.6 Å². The lowest BCUT2D eigenvalue weighted by Crippen LogP contribution is -2.29. The highest BCUT2D eigenvalue weighted by Crippen LogP contribution is 2.44. The van der Waals surface area contributed by atoms with Crippen LogP contribution in [0.25, 0.3) is 5.76 Å². The number of amides is 1. The van der Waals surface area contributed by atoms with Gasteiger partial charge in [-0.05, 0) is 61.4 Å². The molecule has 8 heteroatoms. The highest BCUT2D eigenvalue weighted by atomic mass is 16.5. The molecule has 2 heterocycles. The number of aliphatic hydroxyl groups excluding tert-OH is 1. The molecule has 0 radical (unpaired) electrons. The SMILES string of the molecule is CCN(CC)c1ccc(C2/C(=C(\O)c3c(OC)cccc3OC)C(=O)C(=O)N2Cc2ccncc2)cc1. The van der Waals surface area contributed by atoms with Gasteiger partial charge in [0.25, 0.3) is 11.7 Å². The number of aromatic nitrogens is 1. The van der Waals surface area contributed by atoms with E-state index >= 15 is 0 Å². The lowest BCUT2D eigenvalue weighted by molar-refractivity contribution is -0.140. The number of ether oxygens (including phenoxy) is 2. The van der Waals surface area contributed by atoms with Gasteiger partial charge in [0.15, 0.2) is 0 Å². The number of carbonyl (C=O) groups excluding carboxylic acids is 2. The third-order valence-corrected chi connectivity index (χ3v) is 6.64. The summed E-state index contributed by atoms with van der Waals surface area (Å²) in [4.78, 5) is 34.6. The van der Waals surface area contributed by atoms with Gasteiger partial charge in [-0.1, -0.05) is 18.2 Å². The summed E-state index contributed by atoms with van der Waals surface area (Å²) in [6.45, 7) is 6.05. The molecule has 192 valence electrons. The van der Waals surface area contributed by atoms with Crippen LogP contribution in [0, 0.1) is 0 Å². The molecule has 1 aromatic heterocycles. The molecule has 1 N–H and O–H groups in total. The van der Waals surface area contributed by atoms with Crippen LogP contribution in [-0.4, -0.2) is 54.0 Å². The molecule has 1 fully saturated rings.